The Labute approximate surface area is 174 Å². The van der Waals surface area contributed by atoms with Gasteiger partial charge in [-0.3, -0.25) is 4.79 Å². The quantitative estimate of drug-likeness (QED) is 0.497. The van der Waals surface area contributed by atoms with Crippen molar-refractivity contribution in [3.63, 3.8) is 0 Å². The van der Waals surface area contributed by atoms with Crippen molar-refractivity contribution in [2.24, 2.45) is 0 Å². The van der Waals surface area contributed by atoms with Gasteiger partial charge in [-0.1, -0.05) is 0 Å². The molecule has 11 heteroatoms. The lowest BCUT2D eigenvalue weighted by molar-refractivity contribution is -0.137. The van der Waals surface area contributed by atoms with Crippen LogP contribution >= 0.6 is 0 Å². The molecule has 2 aromatic carbocycles. The van der Waals surface area contributed by atoms with E-state index in [0.717, 1.165) is 18.2 Å². The van der Waals surface area contributed by atoms with Gasteiger partial charge in [0.15, 0.2) is 18.1 Å². The first-order chi connectivity index (χ1) is 14.8. The van der Waals surface area contributed by atoms with Crippen LogP contribution in [0, 0.1) is 0 Å². The van der Waals surface area contributed by atoms with Crippen molar-refractivity contribution in [1.29, 1.82) is 0 Å². The highest BCUT2D eigenvalue weighted by molar-refractivity contribution is 5.96. The molecule has 0 saturated heterocycles. The Hall–Kier alpha value is -3.47. The SMILES string of the molecule is COCCOc1ccc(C(F)(F)F)cc1NC(=O)COC(=O)c1ccc2c(c1)OCO2. The normalized spacial score (nSPS) is 12.4. The fraction of sp³-hybridized carbons (Fsp3) is 0.300. The summed E-state index contributed by atoms with van der Waals surface area (Å²) in [5.41, 5.74) is -1.06. The molecule has 31 heavy (non-hydrogen) atoms. The molecule has 0 atom stereocenters. The number of anilines is 1. The number of benzene rings is 2. The summed E-state index contributed by atoms with van der Waals surface area (Å²) in [6.45, 7) is -0.436. The molecule has 1 aliphatic rings. The molecule has 0 aromatic heterocycles. The molecule has 0 aliphatic carbocycles. The topological polar surface area (TPSA) is 92.3 Å². The number of esters is 1. The van der Waals surface area contributed by atoms with Crippen molar-refractivity contribution in [2.45, 2.75) is 6.18 Å². The number of alkyl halides is 3. The average Bonchev–Trinajstić information content (AvgIpc) is 3.20. The molecule has 0 bridgehead atoms. The lowest BCUT2D eigenvalue weighted by atomic mass is 10.1. The first-order valence-electron chi connectivity index (χ1n) is 8.97. The first kappa shape index (κ1) is 22.2. The second kappa shape index (κ2) is 9.56. The molecule has 0 spiro atoms. The molecule has 1 aliphatic heterocycles. The van der Waals surface area contributed by atoms with E-state index >= 15 is 0 Å². The first-order valence-corrected chi connectivity index (χ1v) is 8.97. The number of carbonyl (C=O) groups is 2. The molecule has 166 valence electrons. The molecule has 0 unspecified atom stereocenters. The maximum absolute atomic E-state index is 13.0. The lowest BCUT2D eigenvalue weighted by Gasteiger charge is -2.15. The van der Waals surface area contributed by atoms with Crippen LogP contribution in [0.25, 0.3) is 0 Å². The van der Waals surface area contributed by atoms with E-state index in [0.29, 0.717) is 11.5 Å². The second-order valence-electron chi connectivity index (χ2n) is 6.24. The van der Waals surface area contributed by atoms with Crippen molar-refractivity contribution in [3.8, 4) is 17.2 Å². The average molecular weight is 441 g/mol. The minimum Gasteiger partial charge on any atom is -0.489 e. The summed E-state index contributed by atoms with van der Waals surface area (Å²) < 4.78 is 64.5. The van der Waals surface area contributed by atoms with E-state index in [9.17, 15) is 22.8 Å². The Morgan fingerprint density at radius 3 is 2.58 bits per heavy atom. The molecule has 0 fully saturated rings. The van der Waals surface area contributed by atoms with E-state index in [1.165, 1.54) is 25.3 Å². The third-order valence-electron chi connectivity index (χ3n) is 4.07. The van der Waals surface area contributed by atoms with Gasteiger partial charge in [-0.25, -0.2) is 4.79 Å². The fourth-order valence-electron chi connectivity index (χ4n) is 2.59. The van der Waals surface area contributed by atoms with Crippen molar-refractivity contribution in [2.75, 3.05) is 39.0 Å². The largest absolute Gasteiger partial charge is 0.489 e. The third kappa shape index (κ3) is 5.79. The van der Waals surface area contributed by atoms with Crippen molar-refractivity contribution < 1.29 is 46.4 Å². The fourth-order valence-corrected chi connectivity index (χ4v) is 2.59. The number of methoxy groups -OCH3 is 1. The van der Waals surface area contributed by atoms with E-state index in [1.807, 2.05) is 0 Å². The molecular weight excluding hydrogens is 423 g/mol. The van der Waals surface area contributed by atoms with Gasteiger partial charge >= 0.3 is 12.1 Å². The van der Waals surface area contributed by atoms with Crippen LogP contribution in [-0.2, 0) is 20.4 Å². The van der Waals surface area contributed by atoms with Crippen molar-refractivity contribution in [3.05, 3.63) is 47.5 Å². The van der Waals surface area contributed by atoms with Crippen LogP contribution in [0.5, 0.6) is 17.2 Å². The molecule has 8 nitrogen and oxygen atoms in total. The number of amides is 1. The molecule has 0 saturated carbocycles. The molecule has 0 radical (unpaired) electrons. The number of halogens is 3. The zero-order valence-corrected chi connectivity index (χ0v) is 16.3. The van der Waals surface area contributed by atoms with Crippen LogP contribution < -0.4 is 19.5 Å². The molecule has 2 aromatic rings. The number of fused-ring (bicyclic) bond motifs is 1. The highest BCUT2D eigenvalue weighted by atomic mass is 19.4. The van der Waals surface area contributed by atoms with Gasteiger partial charge in [0.05, 0.1) is 23.4 Å². The Bertz CT molecular complexity index is 962. The minimum absolute atomic E-state index is 0.0143. The van der Waals surface area contributed by atoms with Gasteiger partial charge in [0.1, 0.15) is 12.4 Å². The Balaban J connectivity index is 1.64. The highest BCUT2D eigenvalue weighted by Gasteiger charge is 2.31. The number of hydrogen-bond donors (Lipinski definition) is 1. The van der Waals surface area contributed by atoms with E-state index in [-0.39, 0.29) is 37.0 Å². The Morgan fingerprint density at radius 2 is 1.84 bits per heavy atom. The Kier molecular flexibility index (Phi) is 6.85. The number of hydrogen-bond acceptors (Lipinski definition) is 7. The molecule has 1 heterocycles. The zero-order chi connectivity index (χ0) is 22.4. The minimum atomic E-state index is -4.61. The number of rotatable bonds is 8. The summed E-state index contributed by atoms with van der Waals surface area (Å²) >= 11 is 0. The third-order valence-corrected chi connectivity index (χ3v) is 4.07. The molecular formula is C20H18F3NO7. The second-order valence-corrected chi connectivity index (χ2v) is 6.24. The van der Waals surface area contributed by atoms with Gasteiger partial charge in [-0.05, 0) is 36.4 Å². The maximum Gasteiger partial charge on any atom is 0.416 e. The van der Waals surface area contributed by atoms with Gasteiger partial charge in [-0.15, -0.1) is 0 Å². The number of carbonyl (C=O) groups excluding carboxylic acids is 2. The van der Waals surface area contributed by atoms with E-state index in [4.69, 9.17) is 23.7 Å². The van der Waals surface area contributed by atoms with Gasteiger partial charge in [0, 0.05) is 7.11 Å². The van der Waals surface area contributed by atoms with Gasteiger partial charge in [-0.2, -0.15) is 13.2 Å². The van der Waals surface area contributed by atoms with Crippen LogP contribution in [0.4, 0.5) is 18.9 Å². The number of nitrogens with one attached hydrogen (secondary N) is 1. The van der Waals surface area contributed by atoms with Crippen LogP contribution in [-0.4, -0.2) is 45.6 Å². The Morgan fingerprint density at radius 1 is 1.06 bits per heavy atom. The summed E-state index contributed by atoms with van der Waals surface area (Å²) in [6, 6.07) is 7.01. The molecule has 1 N–H and O–H groups in total. The smallest absolute Gasteiger partial charge is 0.416 e. The van der Waals surface area contributed by atoms with Crippen LogP contribution in [0.15, 0.2) is 36.4 Å². The van der Waals surface area contributed by atoms with Gasteiger partial charge in [0.25, 0.3) is 5.91 Å². The molecule has 3 rings (SSSR count). The monoisotopic (exact) mass is 441 g/mol. The van der Waals surface area contributed by atoms with E-state index < -0.39 is 30.2 Å². The van der Waals surface area contributed by atoms with E-state index in [1.54, 1.807) is 0 Å². The summed E-state index contributed by atoms with van der Waals surface area (Å²) in [6.07, 6.45) is -4.61. The van der Waals surface area contributed by atoms with Crippen LogP contribution in [0.2, 0.25) is 0 Å². The van der Waals surface area contributed by atoms with Crippen molar-refractivity contribution in [1.82, 2.24) is 0 Å². The predicted molar refractivity (Wildman–Crippen MR) is 100 cm³/mol. The maximum atomic E-state index is 13.0. The zero-order valence-electron chi connectivity index (χ0n) is 16.3. The summed E-state index contributed by atoms with van der Waals surface area (Å²) in [7, 11) is 1.44. The predicted octanol–water partition coefficient (Wildman–Crippen LogP) is 3.25. The summed E-state index contributed by atoms with van der Waals surface area (Å²) in [5.74, 6) is -0.805. The summed E-state index contributed by atoms with van der Waals surface area (Å²) in [4.78, 5) is 24.3. The standard InChI is InChI=1S/C20H18F3NO7/c1-27-6-7-28-15-5-3-13(20(21,22)23)9-14(15)24-18(25)10-29-19(26)12-2-4-16-17(8-12)31-11-30-16/h2-5,8-9H,6-7,10-11H2,1H3,(H,24,25). The highest BCUT2D eigenvalue weighted by Crippen LogP contribution is 2.35. The van der Waals surface area contributed by atoms with Gasteiger partial charge in [0.2, 0.25) is 6.79 Å². The van der Waals surface area contributed by atoms with E-state index in [2.05, 4.69) is 5.32 Å². The summed E-state index contributed by atoms with van der Waals surface area (Å²) in [5, 5.41) is 2.27. The van der Waals surface area contributed by atoms with Crippen LogP contribution in [0.1, 0.15) is 15.9 Å². The lowest BCUT2D eigenvalue weighted by Crippen LogP contribution is -2.22. The van der Waals surface area contributed by atoms with Gasteiger partial charge < -0.3 is 29.0 Å². The number of ether oxygens (including phenoxy) is 5. The van der Waals surface area contributed by atoms with Crippen molar-refractivity contribution >= 4 is 17.6 Å². The molecule has 1 amide bonds. The van der Waals surface area contributed by atoms with Crippen LogP contribution in [0.3, 0.4) is 0 Å².